The van der Waals surface area contributed by atoms with Gasteiger partial charge >= 0.3 is 0 Å². The SMILES string of the molecule is N#CCCC[SiH](CCCC#N)C1CCCCO1. The zero-order valence-corrected chi connectivity index (χ0v) is 11.7. The van der Waals surface area contributed by atoms with Gasteiger partial charge in [0.1, 0.15) is 0 Å². The number of hydrogen-bond acceptors (Lipinski definition) is 3. The first-order valence-corrected chi connectivity index (χ1v) is 9.04. The van der Waals surface area contributed by atoms with Gasteiger partial charge in [-0.05, 0) is 32.1 Å². The predicted octanol–water partition coefficient (Wildman–Crippen LogP) is 2.93. The van der Waals surface area contributed by atoms with Crippen LogP contribution in [0.5, 0.6) is 0 Å². The molecule has 0 N–H and O–H groups in total. The first-order chi connectivity index (χ1) is 8.38. The summed E-state index contributed by atoms with van der Waals surface area (Å²) in [7, 11) is -0.903. The third-order valence-corrected chi connectivity index (χ3v) is 7.34. The maximum atomic E-state index is 8.59. The molecule has 1 fully saturated rings. The highest BCUT2D eigenvalue weighted by molar-refractivity contribution is 6.60. The van der Waals surface area contributed by atoms with Crippen molar-refractivity contribution in [2.24, 2.45) is 0 Å². The quantitative estimate of drug-likeness (QED) is 0.515. The first kappa shape index (κ1) is 14.2. The largest absolute Gasteiger partial charge is 0.382 e. The second kappa shape index (κ2) is 9.21. The third kappa shape index (κ3) is 5.86. The zero-order valence-electron chi connectivity index (χ0n) is 10.5. The predicted molar refractivity (Wildman–Crippen MR) is 70.0 cm³/mol. The summed E-state index contributed by atoms with van der Waals surface area (Å²) in [5.74, 6) is 0. The summed E-state index contributed by atoms with van der Waals surface area (Å²) >= 11 is 0. The van der Waals surface area contributed by atoms with Crippen LogP contribution in [0.3, 0.4) is 0 Å². The Kier molecular flexibility index (Phi) is 7.71. The number of hydrogen-bond donors (Lipinski definition) is 0. The molecule has 4 heteroatoms. The summed E-state index contributed by atoms with van der Waals surface area (Å²) in [6.07, 6.45) is 7.12. The van der Waals surface area contributed by atoms with Crippen molar-refractivity contribution in [2.75, 3.05) is 6.61 Å². The topological polar surface area (TPSA) is 56.8 Å². The minimum atomic E-state index is -0.903. The van der Waals surface area contributed by atoms with Crippen LogP contribution in [0.1, 0.15) is 44.9 Å². The van der Waals surface area contributed by atoms with Crippen LogP contribution >= 0.6 is 0 Å². The third-order valence-electron chi connectivity index (χ3n) is 3.47. The molecule has 0 amide bonds. The molecule has 1 aliphatic rings. The molecule has 1 atom stereocenters. The Morgan fingerprint density at radius 3 is 2.18 bits per heavy atom. The molecule has 94 valence electrons. The molecule has 0 radical (unpaired) electrons. The van der Waals surface area contributed by atoms with Crippen LogP contribution in [0.25, 0.3) is 0 Å². The molecule has 1 saturated heterocycles. The molecule has 3 nitrogen and oxygen atoms in total. The Morgan fingerprint density at radius 1 is 1.06 bits per heavy atom. The van der Waals surface area contributed by atoms with Gasteiger partial charge in [-0.15, -0.1) is 0 Å². The van der Waals surface area contributed by atoms with E-state index >= 15 is 0 Å². The molecule has 0 spiro atoms. The molecule has 0 aromatic carbocycles. The van der Waals surface area contributed by atoms with E-state index in [1.807, 2.05) is 0 Å². The number of nitrogens with zero attached hydrogens (tertiary/aromatic N) is 2. The van der Waals surface area contributed by atoms with E-state index in [2.05, 4.69) is 12.1 Å². The van der Waals surface area contributed by atoms with E-state index in [-0.39, 0.29) is 0 Å². The Balaban J connectivity index is 2.34. The van der Waals surface area contributed by atoms with Gasteiger partial charge in [0, 0.05) is 25.2 Å². The summed E-state index contributed by atoms with van der Waals surface area (Å²) in [4.78, 5) is 0. The minimum absolute atomic E-state index is 0.515. The molecular weight excluding hydrogens is 228 g/mol. The fourth-order valence-corrected chi connectivity index (χ4v) is 6.14. The molecule has 1 aliphatic heterocycles. The molecule has 0 saturated carbocycles. The summed E-state index contributed by atoms with van der Waals surface area (Å²) in [5, 5.41) is 17.2. The van der Waals surface area contributed by atoms with Crippen molar-refractivity contribution >= 4 is 8.80 Å². The van der Waals surface area contributed by atoms with Gasteiger partial charge in [0.2, 0.25) is 0 Å². The monoisotopic (exact) mass is 250 g/mol. The van der Waals surface area contributed by atoms with Crippen molar-refractivity contribution in [3.63, 3.8) is 0 Å². The van der Waals surface area contributed by atoms with E-state index in [4.69, 9.17) is 15.3 Å². The van der Waals surface area contributed by atoms with E-state index in [0.717, 1.165) is 19.4 Å². The number of nitriles is 2. The standard InChI is InChI=1S/C13H22N2OSi/c14-8-2-5-11-17(12-6-3-9-15)13-7-1-4-10-16-13/h13,17H,1-7,10-12H2. The highest BCUT2D eigenvalue weighted by Crippen LogP contribution is 2.22. The molecule has 1 unspecified atom stereocenters. The normalized spacial score (nSPS) is 19.8. The van der Waals surface area contributed by atoms with Crippen molar-refractivity contribution in [1.82, 2.24) is 0 Å². The van der Waals surface area contributed by atoms with Crippen LogP contribution in [0.15, 0.2) is 0 Å². The highest BCUT2D eigenvalue weighted by atomic mass is 28.3. The second-order valence-corrected chi connectivity index (χ2v) is 8.18. The average molecular weight is 250 g/mol. The Hall–Kier alpha value is -0.843. The minimum Gasteiger partial charge on any atom is -0.382 e. The number of unbranched alkanes of at least 4 members (excludes halogenated alkanes) is 2. The van der Waals surface area contributed by atoms with Crippen LogP contribution in [-0.2, 0) is 4.74 Å². The smallest absolute Gasteiger partial charge is 0.0717 e. The molecular formula is C13H22N2OSi. The van der Waals surface area contributed by atoms with E-state index in [1.165, 1.54) is 31.4 Å². The van der Waals surface area contributed by atoms with Gasteiger partial charge in [-0.25, -0.2) is 0 Å². The van der Waals surface area contributed by atoms with Gasteiger partial charge in [-0.2, -0.15) is 10.5 Å². The van der Waals surface area contributed by atoms with Crippen molar-refractivity contribution in [3.8, 4) is 12.1 Å². The summed E-state index contributed by atoms with van der Waals surface area (Å²) < 4.78 is 5.90. The van der Waals surface area contributed by atoms with Gasteiger partial charge in [0.25, 0.3) is 0 Å². The maximum Gasteiger partial charge on any atom is 0.0717 e. The second-order valence-electron chi connectivity index (χ2n) is 4.77. The van der Waals surface area contributed by atoms with Crippen LogP contribution in [0.2, 0.25) is 12.1 Å². The molecule has 17 heavy (non-hydrogen) atoms. The van der Waals surface area contributed by atoms with Crippen LogP contribution in [-0.4, -0.2) is 21.1 Å². The maximum absolute atomic E-state index is 8.59. The lowest BCUT2D eigenvalue weighted by Crippen LogP contribution is -2.35. The molecule has 0 aliphatic carbocycles. The fraction of sp³-hybridized carbons (Fsp3) is 0.846. The molecule has 0 aromatic heterocycles. The van der Waals surface area contributed by atoms with E-state index in [1.54, 1.807) is 0 Å². The summed E-state index contributed by atoms with van der Waals surface area (Å²) in [6.45, 7) is 0.921. The highest BCUT2D eigenvalue weighted by Gasteiger charge is 2.24. The molecule has 1 heterocycles. The Bertz CT molecular complexity index is 256. The van der Waals surface area contributed by atoms with E-state index in [9.17, 15) is 0 Å². The van der Waals surface area contributed by atoms with Crippen molar-refractivity contribution in [2.45, 2.75) is 62.8 Å². The van der Waals surface area contributed by atoms with Crippen LogP contribution in [0.4, 0.5) is 0 Å². The number of rotatable bonds is 7. The van der Waals surface area contributed by atoms with Gasteiger partial charge in [-0.3, -0.25) is 0 Å². The van der Waals surface area contributed by atoms with Gasteiger partial charge in [-0.1, -0.05) is 12.1 Å². The van der Waals surface area contributed by atoms with Gasteiger partial charge in [0.15, 0.2) is 0 Å². The lowest BCUT2D eigenvalue weighted by molar-refractivity contribution is 0.0619. The number of ether oxygens (including phenoxy) is 1. The first-order valence-electron chi connectivity index (χ1n) is 6.74. The van der Waals surface area contributed by atoms with Crippen LogP contribution < -0.4 is 0 Å². The van der Waals surface area contributed by atoms with E-state index in [0.29, 0.717) is 18.6 Å². The molecule has 0 bridgehead atoms. The van der Waals surface area contributed by atoms with Crippen molar-refractivity contribution < 1.29 is 4.74 Å². The summed E-state index contributed by atoms with van der Waals surface area (Å²) in [5.41, 5.74) is 0.515. The lowest BCUT2D eigenvalue weighted by Gasteiger charge is -2.29. The van der Waals surface area contributed by atoms with Crippen molar-refractivity contribution in [1.29, 1.82) is 10.5 Å². The zero-order chi connectivity index (χ0) is 12.3. The average Bonchev–Trinajstić information content (AvgIpc) is 2.38. The van der Waals surface area contributed by atoms with Crippen molar-refractivity contribution in [3.05, 3.63) is 0 Å². The van der Waals surface area contributed by atoms with E-state index < -0.39 is 8.80 Å². The summed E-state index contributed by atoms with van der Waals surface area (Å²) in [6, 6.07) is 6.87. The Morgan fingerprint density at radius 2 is 1.71 bits per heavy atom. The molecule has 1 rings (SSSR count). The molecule has 0 aromatic rings. The van der Waals surface area contributed by atoms with Crippen LogP contribution in [0, 0.1) is 22.7 Å². The van der Waals surface area contributed by atoms with Gasteiger partial charge in [0.05, 0.1) is 20.9 Å². The fourth-order valence-electron chi connectivity index (χ4n) is 2.54. The lowest BCUT2D eigenvalue weighted by atomic mass is 10.2. The Labute approximate surface area is 106 Å². The van der Waals surface area contributed by atoms with Gasteiger partial charge < -0.3 is 4.74 Å².